The second-order valence-corrected chi connectivity index (χ2v) is 15.1. The Bertz CT molecular complexity index is 2570. The summed E-state index contributed by atoms with van der Waals surface area (Å²) in [5.41, 5.74) is 12.9. The van der Waals surface area contributed by atoms with E-state index < -0.39 is 0 Å². The average molecular weight is 837 g/mol. The maximum Gasteiger partial charge on any atom is 0.192 e. The number of benzene rings is 9. The maximum absolute atomic E-state index is 10.0. The van der Waals surface area contributed by atoms with Crippen LogP contribution in [0.1, 0.15) is 5.56 Å². The molecule has 7 nitrogen and oxygen atoms in total. The van der Waals surface area contributed by atoms with Crippen LogP contribution in [0.2, 0.25) is 0 Å². The van der Waals surface area contributed by atoms with Crippen LogP contribution in [0.15, 0.2) is 237 Å². The number of rotatable bonds is 15. The lowest BCUT2D eigenvalue weighted by molar-refractivity contribution is 0.282. The van der Waals surface area contributed by atoms with Gasteiger partial charge in [0.05, 0.1) is 20.8 Å². The van der Waals surface area contributed by atoms with Crippen molar-refractivity contribution >= 4 is 68.2 Å². The van der Waals surface area contributed by atoms with Gasteiger partial charge in [0.15, 0.2) is 17.1 Å². The fraction of sp³-hybridized carbons (Fsp3) is 0.0526. The molecular weight excluding hydrogens is 789 g/mol. The van der Waals surface area contributed by atoms with Crippen LogP contribution >= 0.6 is 0 Å². The topological polar surface area (TPSA) is 54.3 Å². The highest BCUT2D eigenvalue weighted by molar-refractivity contribution is 5.82. The largest absolute Gasteiger partial charge is 0.497 e. The fourth-order valence-corrected chi connectivity index (χ4v) is 8.07. The summed E-state index contributed by atoms with van der Waals surface area (Å²) >= 11 is 0. The van der Waals surface area contributed by atoms with Crippen LogP contribution in [0.5, 0.6) is 11.5 Å². The van der Waals surface area contributed by atoms with Crippen LogP contribution in [0.3, 0.4) is 0 Å². The highest BCUT2D eigenvalue weighted by Crippen LogP contribution is 2.43. The van der Waals surface area contributed by atoms with E-state index in [-0.39, 0.29) is 6.61 Å². The van der Waals surface area contributed by atoms with Crippen molar-refractivity contribution < 1.29 is 14.6 Å². The van der Waals surface area contributed by atoms with Gasteiger partial charge in [-0.1, -0.05) is 83.8 Å². The van der Waals surface area contributed by atoms with Gasteiger partial charge in [-0.15, -0.1) is 0 Å². The van der Waals surface area contributed by atoms with E-state index in [9.17, 15) is 5.11 Å². The minimum absolute atomic E-state index is 0.0345. The Morgan fingerprint density at radius 1 is 0.328 bits per heavy atom. The molecule has 0 unspecified atom stereocenters. The standard InChI is InChI=1S/C57H48N4O3/c1-63-56-25-13-23-54(40-56)60(45-18-8-4-9-19-45)51-35-29-48(30-36-51)58(47-27-33-50(34-28-47)59(44-16-6-3-7-17-44)53-22-12-15-43(39-53)42-62)49-31-37-52(38-32-49)61(46-20-10-5-11-21-46)55-24-14-26-57(41-55)64-2/h3-41,62H,42H2,1-2H3/q+1. The summed E-state index contributed by atoms with van der Waals surface area (Å²) in [6.45, 7) is -0.0345. The number of aliphatic hydroxyl groups excluding tert-OH is 1. The SMILES string of the molecule is COc1cccc(N(c2ccccc2)c2ccc([N+](c3ccc(N(c4ccccc4)c4cccc(CO)c4)cc3)c3ccc(N(c4ccccc4)c4cccc(OC)c4)cc3)cc2)c1. The van der Waals surface area contributed by atoms with Gasteiger partial charge in [-0.05, 0) is 115 Å². The molecule has 0 bridgehead atoms. The molecule has 0 spiro atoms. The van der Waals surface area contributed by atoms with E-state index in [0.717, 1.165) is 85.3 Å². The Morgan fingerprint density at radius 3 is 0.953 bits per heavy atom. The first-order valence-corrected chi connectivity index (χ1v) is 21.2. The van der Waals surface area contributed by atoms with E-state index in [1.165, 1.54) is 0 Å². The molecule has 64 heavy (non-hydrogen) atoms. The van der Waals surface area contributed by atoms with Crippen LogP contribution in [-0.4, -0.2) is 19.3 Å². The first-order valence-electron chi connectivity index (χ1n) is 21.2. The van der Waals surface area contributed by atoms with Crippen molar-refractivity contribution in [1.29, 1.82) is 0 Å². The zero-order valence-electron chi connectivity index (χ0n) is 35.8. The van der Waals surface area contributed by atoms with Crippen molar-refractivity contribution in [1.82, 2.24) is 4.90 Å². The number of nitrogens with zero attached hydrogens (tertiary/aromatic N) is 4. The molecule has 0 aliphatic rings. The number of aliphatic hydroxyl groups is 1. The minimum atomic E-state index is -0.0345. The zero-order chi connectivity index (χ0) is 43.7. The van der Waals surface area contributed by atoms with Crippen molar-refractivity contribution in [2.75, 3.05) is 28.9 Å². The Kier molecular flexibility index (Phi) is 12.4. The molecular formula is C57H48N4O3+. The quantitative estimate of drug-likeness (QED) is 0.104. The summed E-state index contributed by atoms with van der Waals surface area (Å²) < 4.78 is 11.3. The number of anilines is 12. The van der Waals surface area contributed by atoms with E-state index in [1.54, 1.807) is 14.2 Å². The zero-order valence-corrected chi connectivity index (χ0v) is 35.8. The molecule has 0 fully saturated rings. The molecule has 0 aromatic heterocycles. The molecule has 9 aromatic carbocycles. The molecule has 0 aliphatic carbocycles. The molecule has 0 atom stereocenters. The van der Waals surface area contributed by atoms with Crippen molar-refractivity contribution in [3.63, 3.8) is 0 Å². The molecule has 0 saturated heterocycles. The molecule has 313 valence electrons. The predicted molar refractivity (Wildman–Crippen MR) is 264 cm³/mol. The van der Waals surface area contributed by atoms with E-state index in [1.807, 2.05) is 72.8 Å². The molecule has 0 amide bonds. The number of hydrogen-bond donors (Lipinski definition) is 1. The molecule has 0 aliphatic heterocycles. The monoisotopic (exact) mass is 836 g/mol. The highest BCUT2D eigenvalue weighted by Gasteiger charge is 2.28. The van der Waals surface area contributed by atoms with Gasteiger partial charge in [0.1, 0.15) is 11.5 Å². The molecule has 0 saturated carbocycles. The molecule has 9 rings (SSSR count). The summed E-state index contributed by atoms with van der Waals surface area (Å²) in [5, 5.41) is 10.0. The third-order valence-corrected chi connectivity index (χ3v) is 11.1. The number of ether oxygens (including phenoxy) is 2. The van der Waals surface area contributed by atoms with Crippen LogP contribution in [0.25, 0.3) is 0 Å². The summed E-state index contributed by atoms with van der Waals surface area (Å²) in [5.74, 6) is 1.58. The summed E-state index contributed by atoms with van der Waals surface area (Å²) in [4.78, 5) is 8.97. The van der Waals surface area contributed by atoms with Crippen LogP contribution < -0.4 is 29.1 Å². The molecule has 0 heterocycles. The molecule has 1 radical (unpaired) electrons. The number of methoxy groups -OCH3 is 2. The van der Waals surface area contributed by atoms with E-state index in [2.05, 4.69) is 183 Å². The van der Waals surface area contributed by atoms with Crippen molar-refractivity contribution in [2.24, 2.45) is 0 Å². The molecule has 1 N–H and O–H groups in total. The minimum Gasteiger partial charge on any atom is -0.497 e. The summed E-state index contributed by atoms with van der Waals surface area (Å²) in [7, 11) is 3.39. The van der Waals surface area contributed by atoms with Crippen molar-refractivity contribution in [2.45, 2.75) is 6.61 Å². The molecule has 9 aromatic rings. The first kappa shape index (κ1) is 41.3. The van der Waals surface area contributed by atoms with E-state index in [0.29, 0.717) is 0 Å². The lowest BCUT2D eigenvalue weighted by Crippen LogP contribution is -2.14. The molecule has 7 heteroatoms. The van der Waals surface area contributed by atoms with Gasteiger partial charge >= 0.3 is 0 Å². The highest BCUT2D eigenvalue weighted by atomic mass is 16.5. The van der Waals surface area contributed by atoms with Gasteiger partial charge < -0.3 is 29.3 Å². The van der Waals surface area contributed by atoms with Crippen LogP contribution in [0.4, 0.5) is 68.2 Å². The van der Waals surface area contributed by atoms with Gasteiger partial charge in [-0.25, -0.2) is 0 Å². The summed E-state index contributed by atoms with van der Waals surface area (Å²) in [6.07, 6.45) is 0. The Balaban J connectivity index is 1.14. The summed E-state index contributed by atoms with van der Waals surface area (Å²) in [6, 6.07) is 81.4. The van der Waals surface area contributed by atoms with Crippen LogP contribution in [-0.2, 0) is 6.61 Å². The second kappa shape index (κ2) is 19.3. The first-order chi connectivity index (χ1) is 31.6. The number of para-hydroxylation sites is 3. The average Bonchev–Trinajstić information content (AvgIpc) is 3.37. The van der Waals surface area contributed by atoms with Gasteiger partial charge in [0, 0.05) is 99.7 Å². The number of hydrogen-bond acceptors (Lipinski definition) is 7. The Labute approximate surface area is 375 Å². The lowest BCUT2D eigenvalue weighted by atomic mass is 10.1. The van der Waals surface area contributed by atoms with Gasteiger partial charge in [-0.3, -0.25) is 0 Å². The fourth-order valence-electron chi connectivity index (χ4n) is 8.07. The third-order valence-electron chi connectivity index (χ3n) is 11.1. The lowest BCUT2D eigenvalue weighted by Gasteiger charge is -2.27. The smallest absolute Gasteiger partial charge is 0.192 e. The maximum atomic E-state index is 10.0. The van der Waals surface area contributed by atoms with Gasteiger partial charge in [0.2, 0.25) is 0 Å². The third kappa shape index (κ3) is 8.94. The van der Waals surface area contributed by atoms with Gasteiger partial charge in [0.25, 0.3) is 0 Å². The van der Waals surface area contributed by atoms with Crippen molar-refractivity contribution in [3.8, 4) is 11.5 Å². The second-order valence-electron chi connectivity index (χ2n) is 15.1. The normalized spacial score (nSPS) is 10.9. The van der Waals surface area contributed by atoms with Crippen LogP contribution in [0, 0.1) is 0 Å². The van der Waals surface area contributed by atoms with Gasteiger partial charge in [-0.2, -0.15) is 0 Å². The predicted octanol–water partition coefficient (Wildman–Crippen LogP) is 15.0. The van der Waals surface area contributed by atoms with E-state index >= 15 is 0 Å². The van der Waals surface area contributed by atoms with Crippen molar-refractivity contribution in [3.05, 3.63) is 242 Å². The Hall–Kier alpha value is -8.10. The van der Waals surface area contributed by atoms with E-state index in [4.69, 9.17) is 9.47 Å². The Morgan fingerprint density at radius 2 is 0.625 bits per heavy atom.